The summed E-state index contributed by atoms with van der Waals surface area (Å²) in [6.45, 7) is 0.603. The second-order valence-corrected chi connectivity index (χ2v) is 6.35. The zero-order valence-electron chi connectivity index (χ0n) is 13.2. The Morgan fingerprint density at radius 2 is 2.25 bits per heavy atom. The highest BCUT2D eigenvalue weighted by atomic mass is 16.4. The van der Waals surface area contributed by atoms with Gasteiger partial charge in [-0.25, -0.2) is 15.0 Å². The molecule has 0 bridgehead atoms. The van der Waals surface area contributed by atoms with Gasteiger partial charge in [0.2, 0.25) is 0 Å². The Bertz CT molecular complexity index is 671. The third kappa shape index (κ3) is 3.00. The average molecular weight is 333 g/mol. The van der Waals surface area contributed by atoms with Crippen molar-refractivity contribution in [3.05, 3.63) is 11.9 Å². The van der Waals surface area contributed by atoms with E-state index < -0.39 is 18.6 Å². The molecule has 1 aromatic heterocycles. The number of nitrogens with two attached hydrogens (primary N) is 1. The standard InChI is InChI=1S/C14H20BN5O4/c16-14(13(21)22)7-20(6-9(14)2-1-4-15(23)24)12-10-3-5-17-11(10)18-8-19-12/h5,8-9,23-24H,1-4,6-7,16H2,(H,21,22)/t9-,14-/m0/s1. The highest BCUT2D eigenvalue weighted by Gasteiger charge is 2.50. The van der Waals surface area contributed by atoms with Crippen LogP contribution < -0.4 is 10.6 Å². The molecule has 9 nitrogen and oxygen atoms in total. The van der Waals surface area contributed by atoms with Crippen LogP contribution in [0, 0.1) is 5.92 Å². The average Bonchev–Trinajstić information content (AvgIpc) is 3.12. The van der Waals surface area contributed by atoms with Gasteiger partial charge in [0.1, 0.15) is 17.7 Å². The predicted octanol–water partition coefficient (Wildman–Crippen LogP) is -0.794. The number of nitrogens with zero attached hydrogens (tertiary/aromatic N) is 4. The summed E-state index contributed by atoms with van der Waals surface area (Å²) in [5.41, 5.74) is 5.69. The van der Waals surface area contributed by atoms with Gasteiger partial charge in [-0.2, -0.15) is 0 Å². The van der Waals surface area contributed by atoms with E-state index in [1.807, 2.05) is 4.90 Å². The number of aliphatic carboxylic acids is 1. The fourth-order valence-electron chi connectivity index (χ4n) is 3.42. The van der Waals surface area contributed by atoms with Gasteiger partial charge in [-0.15, -0.1) is 0 Å². The minimum absolute atomic E-state index is 0.151. The number of aromatic nitrogens is 2. The van der Waals surface area contributed by atoms with Crippen molar-refractivity contribution in [2.24, 2.45) is 16.6 Å². The zero-order valence-corrected chi connectivity index (χ0v) is 13.2. The van der Waals surface area contributed by atoms with Gasteiger partial charge in [0.05, 0.1) is 0 Å². The molecule has 0 amide bonds. The van der Waals surface area contributed by atoms with Crippen LogP contribution in [0.3, 0.4) is 0 Å². The summed E-state index contributed by atoms with van der Waals surface area (Å²) < 4.78 is 0. The first-order chi connectivity index (χ1) is 11.4. The van der Waals surface area contributed by atoms with Crippen LogP contribution in [0.5, 0.6) is 0 Å². The lowest BCUT2D eigenvalue weighted by Crippen LogP contribution is -2.54. The van der Waals surface area contributed by atoms with Gasteiger partial charge in [-0.05, 0) is 12.7 Å². The number of carbonyl (C=O) groups is 1. The summed E-state index contributed by atoms with van der Waals surface area (Å²) in [7, 11) is -1.39. The van der Waals surface area contributed by atoms with Crippen molar-refractivity contribution in [3.63, 3.8) is 0 Å². The SMILES string of the molecule is N[C@@]1(C(=O)O)CN(c2ncnc3c2CC=N3)C[C@@H]1CCCB(O)O. The summed E-state index contributed by atoms with van der Waals surface area (Å²) in [5, 5.41) is 27.5. The number of rotatable bonds is 6. The van der Waals surface area contributed by atoms with E-state index in [0.29, 0.717) is 37.4 Å². The van der Waals surface area contributed by atoms with Crippen LogP contribution in [0.2, 0.25) is 6.32 Å². The second kappa shape index (κ2) is 6.46. The molecule has 1 saturated heterocycles. The number of aliphatic imine (C=N–C) groups is 1. The number of anilines is 1. The fourth-order valence-corrected chi connectivity index (χ4v) is 3.42. The van der Waals surface area contributed by atoms with Crippen molar-refractivity contribution in [2.75, 3.05) is 18.0 Å². The Labute approximate surface area is 139 Å². The predicted molar refractivity (Wildman–Crippen MR) is 88.4 cm³/mol. The molecule has 5 N–H and O–H groups in total. The van der Waals surface area contributed by atoms with E-state index in [2.05, 4.69) is 15.0 Å². The molecule has 3 heterocycles. The molecule has 24 heavy (non-hydrogen) atoms. The summed E-state index contributed by atoms with van der Waals surface area (Å²) in [4.78, 5) is 26.2. The van der Waals surface area contributed by atoms with Crippen LogP contribution in [0.1, 0.15) is 18.4 Å². The van der Waals surface area contributed by atoms with E-state index in [1.165, 1.54) is 6.33 Å². The van der Waals surface area contributed by atoms with Crippen LogP contribution in [0.4, 0.5) is 11.6 Å². The van der Waals surface area contributed by atoms with Crippen molar-refractivity contribution in [2.45, 2.75) is 31.1 Å². The van der Waals surface area contributed by atoms with Crippen LogP contribution >= 0.6 is 0 Å². The van der Waals surface area contributed by atoms with Crippen molar-refractivity contribution in [1.29, 1.82) is 0 Å². The number of hydrogen-bond acceptors (Lipinski definition) is 8. The fraction of sp³-hybridized carbons (Fsp3) is 0.571. The van der Waals surface area contributed by atoms with Gasteiger partial charge in [-0.1, -0.05) is 6.42 Å². The zero-order chi connectivity index (χ0) is 17.3. The maximum atomic E-state index is 11.7. The molecule has 0 radical (unpaired) electrons. The van der Waals surface area contributed by atoms with Gasteiger partial charge in [0.15, 0.2) is 5.82 Å². The van der Waals surface area contributed by atoms with Gasteiger partial charge in [0, 0.05) is 37.2 Å². The quantitative estimate of drug-likeness (QED) is 0.495. The highest BCUT2D eigenvalue weighted by molar-refractivity contribution is 6.40. The minimum Gasteiger partial charge on any atom is -0.480 e. The molecule has 1 aromatic rings. The minimum atomic E-state index is -1.39. The molecular formula is C14H20BN5O4. The first-order valence-corrected chi connectivity index (χ1v) is 7.91. The van der Waals surface area contributed by atoms with E-state index in [-0.39, 0.29) is 18.8 Å². The van der Waals surface area contributed by atoms with Crippen LogP contribution in [-0.4, -0.2) is 63.1 Å². The van der Waals surface area contributed by atoms with Gasteiger partial charge in [-0.3, -0.25) is 4.79 Å². The normalized spacial score (nSPS) is 25.1. The molecule has 0 unspecified atom stereocenters. The molecule has 0 spiro atoms. The molecule has 2 atom stereocenters. The maximum absolute atomic E-state index is 11.7. The summed E-state index contributed by atoms with van der Waals surface area (Å²) in [6, 6.07) is 0. The smallest absolute Gasteiger partial charge is 0.451 e. The molecular weight excluding hydrogens is 313 g/mol. The first kappa shape index (κ1) is 16.8. The maximum Gasteiger partial charge on any atom is 0.451 e. The number of hydrogen-bond donors (Lipinski definition) is 4. The molecule has 0 saturated carbocycles. The van der Waals surface area contributed by atoms with E-state index in [9.17, 15) is 9.90 Å². The largest absolute Gasteiger partial charge is 0.480 e. The molecule has 0 aromatic carbocycles. The number of carboxylic acid groups (broad SMARTS) is 1. The van der Waals surface area contributed by atoms with Crippen molar-refractivity contribution >= 4 is 30.9 Å². The van der Waals surface area contributed by atoms with Crippen molar-refractivity contribution in [3.8, 4) is 0 Å². The Balaban J connectivity index is 1.80. The molecule has 0 aliphatic carbocycles. The third-order valence-electron chi connectivity index (χ3n) is 4.74. The Hall–Kier alpha value is -2.04. The van der Waals surface area contributed by atoms with E-state index >= 15 is 0 Å². The summed E-state index contributed by atoms with van der Waals surface area (Å²) in [6.07, 6.45) is 4.99. The lowest BCUT2D eigenvalue weighted by Gasteiger charge is -2.25. The third-order valence-corrected chi connectivity index (χ3v) is 4.74. The Morgan fingerprint density at radius 1 is 1.46 bits per heavy atom. The number of fused-ring (bicyclic) bond motifs is 1. The van der Waals surface area contributed by atoms with Gasteiger partial charge < -0.3 is 25.8 Å². The molecule has 10 heteroatoms. The molecule has 2 aliphatic heterocycles. The van der Waals surface area contributed by atoms with Gasteiger partial charge in [0.25, 0.3) is 0 Å². The Kier molecular flexibility index (Phi) is 4.53. The lowest BCUT2D eigenvalue weighted by molar-refractivity contribution is -0.144. The van der Waals surface area contributed by atoms with E-state index in [0.717, 1.165) is 5.56 Å². The van der Waals surface area contributed by atoms with Gasteiger partial charge >= 0.3 is 13.1 Å². The Morgan fingerprint density at radius 3 is 2.96 bits per heavy atom. The van der Waals surface area contributed by atoms with Crippen molar-refractivity contribution < 1.29 is 19.9 Å². The molecule has 3 rings (SSSR count). The first-order valence-electron chi connectivity index (χ1n) is 7.91. The van der Waals surface area contributed by atoms with E-state index in [1.54, 1.807) is 6.21 Å². The number of carboxylic acids is 1. The lowest BCUT2D eigenvalue weighted by atomic mass is 9.78. The highest BCUT2D eigenvalue weighted by Crippen LogP contribution is 2.36. The molecule has 2 aliphatic rings. The van der Waals surface area contributed by atoms with E-state index in [4.69, 9.17) is 15.8 Å². The monoisotopic (exact) mass is 333 g/mol. The van der Waals surface area contributed by atoms with Crippen LogP contribution in [-0.2, 0) is 11.2 Å². The van der Waals surface area contributed by atoms with Crippen LogP contribution in [0.25, 0.3) is 0 Å². The van der Waals surface area contributed by atoms with Crippen molar-refractivity contribution in [1.82, 2.24) is 9.97 Å². The van der Waals surface area contributed by atoms with Crippen LogP contribution in [0.15, 0.2) is 11.3 Å². The summed E-state index contributed by atoms with van der Waals surface area (Å²) in [5.74, 6) is -0.0637. The topological polar surface area (TPSA) is 145 Å². The molecule has 1 fully saturated rings. The second-order valence-electron chi connectivity index (χ2n) is 6.35. The summed E-state index contributed by atoms with van der Waals surface area (Å²) >= 11 is 0. The molecule has 128 valence electrons.